The van der Waals surface area contributed by atoms with Crippen molar-refractivity contribution < 1.29 is 4.79 Å². The third-order valence-electron chi connectivity index (χ3n) is 6.40. The number of aromatic nitrogens is 3. The fourth-order valence-corrected chi connectivity index (χ4v) is 6.48. The quantitative estimate of drug-likeness (QED) is 0.788. The first kappa shape index (κ1) is 16.4. The lowest BCUT2D eigenvalue weighted by molar-refractivity contribution is -0.0167. The molecule has 0 spiro atoms. The molecule has 2 aromatic rings. The monoisotopic (exact) mass is 368 g/mol. The number of nitrogens with one attached hydrogen (secondary N) is 2. The molecule has 1 aromatic carbocycles. The largest absolute Gasteiger partial charge is 0.347 e. The summed E-state index contributed by atoms with van der Waals surface area (Å²) in [5.41, 5.74) is 2.03. The van der Waals surface area contributed by atoms with Gasteiger partial charge in [-0.05, 0) is 74.0 Å². The van der Waals surface area contributed by atoms with E-state index in [2.05, 4.69) is 20.5 Å². The van der Waals surface area contributed by atoms with Gasteiger partial charge in [-0.15, -0.1) is 0 Å². The van der Waals surface area contributed by atoms with Crippen molar-refractivity contribution in [1.82, 2.24) is 20.5 Å². The van der Waals surface area contributed by atoms with Gasteiger partial charge in [0.2, 0.25) is 0 Å². The van der Waals surface area contributed by atoms with Crippen LogP contribution in [-0.2, 0) is 5.75 Å². The molecule has 0 atom stereocenters. The van der Waals surface area contributed by atoms with Crippen LogP contribution >= 0.6 is 11.8 Å². The van der Waals surface area contributed by atoms with Crippen molar-refractivity contribution in [1.29, 1.82) is 0 Å². The second-order valence-corrected chi connectivity index (χ2v) is 9.39. The minimum atomic E-state index is 0.0760. The Bertz CT molecular complexity index is 751. The highest BCUT2D eigenvalue weighted by molar-refractivity contribution is 7.98. The van der Waals surface area contributed by atoms with E-state index >= 15 is 0 Å². The number of carbonyl (C=O) groups is 1. The average Bonchev–Trinajstić information content (AvgIpc) is 3.12. The Morgan fingerprint density at radius 3 is 2.35 bits per heavy atom. The Morgan fingerprint density at radius 1 is 1.12 bits per heavy atom. The van der Waals surface area contributed by atoms with Gasteiger partial charge in [0.05, 0.1) is 0 Å². The van der Waals surface area contributed by atoms with Gasteiger partial charge in [0.15, 0.2) is 5.16 Å². The van der Waals surface area contributed by atoms with Crippen LogP contribution in [0.5, 0.6) is 0 Å². The van der Waals surface area contributed by atoms with E-state index in [0.717, 1.165) is 34.2 Å². The molecule has 6 heteroatoms. The third-order valence-corrected chi connectivity index (χ3v) is 7.35. The Labute approximate surface area is 157 Å². The van der Waals surface area contributed by atoms with Crippen LogP contribution in [-0.4, -0.2) is 26.6 Å². The summed E-state index contributed by atoms with van der Waals surface area (Å²) >= 11 is 1.61. The van der Waals surface area contributed by atoms with Crippen molar-refractivity contribution in [3.63, 3.8) is 0 Å². The van der Waals surface area contributed by atoms with Gasteiger partial charge >= 0.3 is 0 Å². The first-order valence-electron chi connectivity index (χ1n) is 9.57. The fourth-order valence-electron chi connectivity index (χ4n) is 5.74. The van der Waals surface area contributed by atoms with Crippen molar-refractivity contribution in [3.8, 4) is 0 Å². The van der Waals surface area contributed by atoms with E-state index in [9.17, 15) is 4.79 Å². The smallest absolute Gasteiger partial charge is 0.251 e. The fraction of sp³-hybridized carbons (Fsp3) is 0.550. The Morgan fingerprint density at radius 2 is 1.77 bits per heavy atom. The normalized spacial score (nSPS) is 31.9. The van der Waals surface area contributed by atoms with Crippen LogP contribution in [0.2, 0.25) is 0 Å². The first-order valence-corrected chi connectivity index (χ1v) is 10.6. The standard InChI is InChI=1S/C20H24N4OS/c25-18(23-20-8-14-5-15(9-20)7-16(6-14)10-20)17-3-1-13(2-4-17)11-26-19-21-12-22-24-19/h1-4,12,14-16H,5-11H2,(H,23,25)(H,21,22,24). The zero-order valence-electron chi connectivity index (χ0n) is 14.8. The summed E-state index contributed by atoms with van der Waals surface area (Å²) in [5.74, 6) is 3.44. The minimum absolute atomic E-state index is 0.0760. The number of thioether (sulfide) groups is 1. The summed E-state index contributed by atoms with van der Waals surface area (Å²) in [6.07, 6.45) is 9.27. The van der Waals surface area contributed by atoms with Gasteiger partial charge in [0.25, 0.3) is 5.91 Å². The predicted molar refractivity (Wildman–Crippen MR) is 101 cm³/mol. The molecule has 4 fully saturated rings. The molecular formula is C20H24N4OS. The number of H-pyrrole nitrogens is 1. The van der Waals surface area contributed by atoms with E-state index < -0.39 is 0 Å². The zero-order chi connectivity index (χ0) is 17.6. The molecule has 0 radical (unpaired) electrons. The van der Waals surface area contributed by atoms with Gasteiger partial charge in [0.1, 0.15) is 6.33 Å². The minimum Gasteiger partial charge on any atom is -0.347 e. The maximum absolute atomic E-state index is 12.8. The summed E-state index contributed by atoms with van der Waals surface area (Å²) in [4.78, 5) is 17.0. The highest BCUT2D eigenvalue weighted by Gasteiger charge is 2.51. The SMILES string of the molecule is O=C(NC12CC3CC(CC(C3)C1)C2)c1ccc(CSc2ncn[nH]2)cc1. The number of amides is 1. The van der Waals surface area contributed by atoms with Gasteiger partial charge in [-0.3, -0.25) is 9.89 Å². The third kappa shape index (κ3) is 3.15. The summed E-state index contributed by atoms with van der Waals surface area (Å²) in [6, 6.07) is 7.98. The van der Waals surface area contributed by atoms with Gasteiger partial charge in [-0.2, -0.15) is 5.10 Å². The maximum atomic E-state index is 12.8. The lowest BCUT2D eigenvalue weighted by atomic mass is 9.53. The van der Waals surface area contributed by atoms with E-state index in [0.29, 0.717) is 0 Å². The van der Waals surface area contributed by atoms with Crippen LogP contribution in [0.1, 0.15) is 54.4 Å². The van der Waals surface area contributed by atoms with Crippen LogP contribution in [0.15, 0.2) is 35.7 Å². The number of hydrogen-bond donors (Lipinski definition) is 2. The molecule has 0 saturated heterocycles. The number of benzene rings is 1. The molecule has 5 nitrogen and oxygen atoms in total. The summed E-state index contributed by atoms with van der Waals surface area (Å²) in [6.45, 7) is 0. The van der Waals surface area contributed by atoms with Crippen molar-refractivity contribution >= 4 is 17.7 Å². The summed E-state index contributed by atoms with van der Waals surface area (Å²) in [7, 11) is 0. The lowest BCUT2D eigenvalue weighted by Crippen LogP contribution is -2.59. The van der Waals surface area contributed by atoms with E-state index in [1.54, 1.807) is 11.8 Å². The lowest BCUT2D eigenvalue weighted by Gasteiger charge is -2.56. The van der Waals surface area contributed by atoms with Crippen LogP contribution in [0, 0.1) is 17.8 Å². The van der Waals surface area contributed by atoms with Crippen molar-refractivity contribution in [2.24, 2.45) is 17.8 Å². The van der Waals surface area contributed by atoms with E-state index in [1.165, 1.54) is 50.4 Å². The molecule has 4 saturated carbocycles. The second-order valence-electron chi connectivity index (χ2n) is 8.43. The predicted octanol–water partition coefficient (Wildman–Crippen LogP) is 3.80. The van der Waals surface area contributed by atoms with Crippen LogP contribution in [0.4, 0.5) is 0 Å². The molecule has 0 aliphatic heterocycles. The molecule has 136 valence electrons. The number of aromatic amines is 1. The van der Waals surface area contributed by atoms with Crippen LogP contribution in [0.3, 0.4) is 0 Å². The van der Waals surface area contributed by atoms with E-state index in [-0.39, 0.29) is 11.4 Å². The van der Waals surface area contributed by atoms with Gasteiger partial charge in [0, 0.05) is 16.9 Å². The van der Waals surface area contributed by atoms with Crippen molar-refractivity contribution in [3.05, 3.63) is 41.7 Å². The Kier molecular flexibility index (Phi) is 4.03. The maximum Gasteiger partial charge on any atom is 0.251 e. The Hall–Kier alpha value is -1.82. The van der Waals surface area contributed by atoms with Crippen molar-refractivity contribution in [2.75, 3.05) is 0 Å². The molecular weight excluding hydrogens is 344 g/mol. The number of rotatable bonds is 5. The molecule has 1 aromatic heterocycles. The molecule has 4 aliphatic carbocycles. The molecule has 2 N–H and O–H groups in total. The molecule has 4 aliphatic rings. The van der Waals surface area contributed by atoms with Crippen LogP contribution in [0.25, 0.3) is 0 Å². The summed E-state index contributed by atoms with van der Waals surface area (Å²) < 4.78 is 0. The molecule has 4 bridgehead atoms. The first-order chi connectivity index (χ1) is 12.7. The molecule has 26 heavy (non-hydrogen) atoms. The van der Waals surface area contributed by atoms with Gasteiger partial charge in [-0.1, -0.05) is 23.9 Å². The number of hydrogen-bond acceptors (Lipinski definition) is 4. The molecule has 1 amide bonds. The highest BCUT2D eigenvalue weighted by Crippen LogP contribution is 2.55. The molecule has 1 heterocycles. The highest BCUT2D eigenvalue weighted by atomic mass is 32.2. The number of nitrogens with zero attached hydrogens (tertiary/aromatic N) is 2. The van der Waals surface area contributed by atoms with Crippen molar-refractivity contribution in [2.45, 2.75) is 55.0 Å². The average molecular weight is 369 g/mol. The van der Waals surface area contributed by atoms with E-state index in [1.807, 2.05) is 24.3 Å². The van der Waals surface area contributed by atoms with Gasteiger partial charge < -0.3 is 5.32 Å². The second kappa shape index (κ2) is 6.41. The van der Waals surface area contributed by atoms with E-state index in [4.69, 9.17) is 0 Å². The Balaban J connectivity index is 1.23. The van der Waals surface area contributed by atoms with Gasteiger partial charge in [-0.25, -0.2) is 4.98 Å². The molecule has 0 unspecified atom stereocenters. The topological polar surface area (TPSA) is 70.7 Å². The number of carbonyl (C=O) groups excluding carboxylic acids is 1. The zero-order valence-corrected chi connectivity index (χ0v) is 15.6. The summed E-state index contributed by atoms with van der Waals surface area (Å²) in [5, 5.41) is 11.0. The van der Waals surface area contributed by atoms with Crippen LogP contribution < -0.4 is 5.32 Å². The molecule has 6 rings (SSSR count).